The van der Waals surface area contributed by atoms with E-state index >= 15 is 0 Å². The molecule has 13 heavy (non-hydrogen) atoms. The molecule has 3 N–H and O–H groups in total. The number of nitrogens with one attached hydrogen (secondary N) is 1. The van der Waals surface area contributed by atoms with Crippen molar-refractivity contribution < 1.29 is 0 Å². The molecule has 0 radical (unpaired) electrons. The summed E-state index contributed by atoms with van der Waals surface area (Å²) in [5, 5.41) is 7.57. The number of rotatable bonds is 2. The third-order valence-electron chi connectivity index (χ3n) is 2.93. The van der Waals surface area contributed by atoms with Crippen molar-refractivity contribution in [1.82, 2.24) is 0 Å². The lowest BCUT2D eigenvalue weighted by Gasteiger charge is -2.15. The molecule has 1 saturated carbocycles. The van der Waals surface area contributed by atoms with Gasteiger partial charge >= 0.3 is 0 Å². The molecule has 1 aliphatic carbocycles. The third-order valence-corrected chi connectivity index (χ3v) is 2.93. The summed E-state index contributed by atoms with van der Waals surface area (Å²) >= 11 is 0. The molecule has 2 rings (SSSR count). The number of hydrogen-bond acceptors (Lipinski definition) is 1. The Hall–Kier alpha value is -1.31. The van der Waals surface area contributed by atoms with Crippen LogP contribution in [0.2, 0.25) is 0 Å². The lowest BCUT2D eigenvalue weighted by molar-refractivity contribution is 0.910. The Morgan fingerprint density at radius 1 is 1.38 bits per heavy atom. The molecule has 0 bridgehead atoms. The third kappa shape index (κ3) is 1.13. The average molecular weight is 174 g/mol. The normalized spacial score (nSPS) is 18.2. The Kier molecular flexibility index (Phi) is 1.65. The van der Waals surface area contributed by atoms with Crippen LogP contribution in [0.15, 0.2) is 24.3 Å². The standard InChI is InChI=1S/C11H14N2/c1-8-4-2-3-5-9(8)11(6-7-11)10(12)13/h2-5H,6-7H2,1H3,(H3,12,13). The van der Waals surface area contributed by atoms with Crippen LogP contribution in [-0.2, 0) is 5.41 Å². The van der Waals surface area contributed by atoms with Crippen LogP contribution in [0.5, 0.6) is 0 Å². The molecule has 1 aromatic rings. The van der Waals surface area contributed by atoms with Gasteiger partial charge in [0.2, 0.25) is 0 Å². The van der Waals surface area contributed by atoms with Crippen molar-refractivity contribution in [3.63, 3.8) is 0 Å². The first-order chi connectivity index (χ1) is 6.17. The topological polar surface area (TPSA) is 49.9 Å². The molecule has 1 fully saturated rings. The van der Waals surface area contributed by atoms with Crippen molar-refractivity contribution in [1.29, 1.82) is 5.41 Å². The molecular formula is C11H14N2. The monoisotopic (exact) mass is 174 g/mol. The molecule has 0 spiro atoms. The summed E-state index contributed by atoms with van der Waals surface area (Å²) in [6, 6.07) is 8.21. The van der Waals surface area contributed by atoms with Gasteiger partial charge in [-0.15, -0.1) is 0 Å². The maximum Gasteiger partial charge on any atom is 0.101 e. The molecule has 0 saturated heterocycles. The predicted molar refractivity (Wildman–Crippen MR) is 54.0 cm³/mol. The molecule has 1 aromatic carbocycles. The zero-order valence-corrected chi connectivity index (χ0v) is 7.80. The van der Waals surface area contributed by atoms with Gasteiger partial charge in [-0.05, 0) is 30.9 Å². The minimum absolute atomic E-state index is 0.106. The molecule has 2 heteroatoms. The van der Waals surface area contributed by atoms with E-state index in [-0.39, 0.29) is 5.41 Å². The van der Waals surface area contributed by atoms with Gasteiger partial charge in [-0.2, -0.15) is 0 Å². The highest BCUT2D eigenvalue weighted by Gasteiger charge is 2.48. The predicted octanol–water partition coefficient (Wildman–Crippen LogP) is 1.96. The van der Waals surface area contributed by atoms with Crippen LogP contribution in [0.25, 0.3) is 0 Å². The van der Waals surface area contributed by atoms with E-state index < -0.39 is 0 Å². The summed E-state index contributed by atoms with van der Waals surface area (Å²) < 4.78 is 0. The van der Waals surface area contributed by atoms with E-state index in [2.05, 4.69) is 19.1 Å². The minimum atomic E-state index is -0.106. The largest absolute Gasteiger partial charge is 0.387 e. The Morgan fingerprint density at radius 3 is 2.46 bits per heavy atom. The first-order valence-corrected chi connectivity index (χ1v) is 4.57. The molecule has 0 aromatic heterocycles. The number of aryl methyl sites for hydroxylation is 1. The second kappa shape index (κ2) is 2.59. The van der Waals surface area contributed by atoms with Gasteiger partial charge in [-0.1, -0.05) is 24.3 Å². The van der Waals surface area contributed by atoms with Gasteiger partial charge in [-0.3, -0.25) is 5.41 Å². The van der Waals surface area contributed by atoms with Crippen LogP contribution < -0.4 is 5.73 Å². The Labute approximate surface area is 78.3 Å². The van der Waals surface area contributed by atoms with Gasteiger partial charge in [-0.25, -0.2) is 0 Å². The summed E-state index contributed by atoms with van der Waals surface area (Å²) in [5.41, 5.74) is 8.00. The van der Waals surface area contributed by atoms with Crippen molar-refractivity contribution in [2.75, 3.05) is 0 Å². The van der Waals surface area contributed by atoms with E-state index in [0.29, 0.717) is 5.84 Å². The highest BCUT2D eigenvalue weighted by atomic mass is 14.8. The minimum Gasteiger partial charge on any atom is -0.387 e. The second-order valence-corrected chi connectivity index (χ2v) is 3.81. The zero-order chi connectivity index (χ0) is 9.47. The SMILES string of the molecule is Cc1ccccc1C1(C(=N)N)CC1. The molecular weight excluding hydrogens is 160 g/mol. The van der Waals surface area contributed by atoms with Crippen LogP contribution in [0.3, 0.4) is 0 Å². The lowest BCUT2D eigenvalue weighted by Crippen LogP contribution is -2.28. The number of benzene rings is 1. The first-order valence-electron chi connectivity index (χ1n) is 4.57. The van der Waals surface area contributed by atoms with Crippen LogP contribution in [-0.4, -0.2) is 5.84 Å². The van der Waals surface area contributed by atoms with E-state index in [1.807, 2.05) is 12.1 Å². The van der Waals surface area contributed by atoms with E-state index in [4.69, 9.17) is 11.1 Å². The van der Waals surface area contributed by atoms with Crippen LogP contribution in [0.4, 0.5) is 0 Å². The van der Waals surface area contributed by atoms with E-state index in [1.54, 1.807) is 0 Å². The first kappa shape index (κ1) is 8.30. The Morgan fingerprint density at radius 2 is 2.00 bits per heavy atom. The Balaban J connectivity index is 2.47. The summed E-state index contributed by atoms with van der Waals surface area (Å²) in [5.74, 6) is 0.321. The number of hydrogen-bond donors (Lipinski definition) is 2. The fourth-order valence-corrected chi connectivity index (χ4v) is 1.92. The summed E-state index contributed by atoms with van der Waals surface area (Å²) in [6.45, 7) is 2.08. The molecule has 0 atom stereocenters. The fraction of sp³-hybridized carbons (Fsp3) is 0.364. The Bertz CT molecular complexity index is 351. The van der Waals surface area contributed by atoms with Gasteiger partial charge in [0.15, 0.2) is 0 Å². The fourth-order valence-electron chi connectivity index (χ4n) is 1.92. The van der Waals surface area contributed by atoms with Gasteiger partial charge in [0.1, 0.15) is 5.84 Å². The van der Waals surface area contributed by atoms with Gasteiger partial charge in [0.25, 0.3) is 0 Å². The van der Waals surface area contributed by atoms with Gasteiger partial charge < -0.3 is 5.73 Å². The van der Waals surface area contributed by atoms with E-state index in [0.717, 1.165) is 12.8 Å². The highest BCUT2D eigenvalue weighted by molar-refractivity contribution is 5.92. The molecule has 1 aliphatic rings. The summed E-state index contributed by atoms with van der Waals surface area (Å²) in [6.07, 6.45) is 2.07. The van der Waals surface area contributed by atoms with Gasteiger partial charge in [0, 0.05) is 0 Å². The van der Waals surface area contributed by atoms with E-state index in [9.17, 15) is 0 Å². The quantitative estimate of drug-likeness (QED) is 0.522. The van der Waals surface area contributed by atoms with Crippen LogP contribution >= 0.6 is 0 Å². The van der Waals surface area contributed by atoms with E-state index in [1.165, 1.54) is 11.1 Å². The lowest BCUT2D eigenvalue weighted by atomic mass is 9.91. The molecule has 68 valence electrons. The summed E-state index contributed by atoms with van der Waals surface area (Å²) in [7, 11) is 0. The van der Waals surface area contributed by atoms with Gasteiger partial charge in [0.05, 0.1) is 5.41 Å². The van der Waals surface area contributed by atoms with Crippen LogP contribution in [0, 0.1) is 12.3 Å². The molecule has 2 nitrogen and oxygen atoms in total. The molecule has 0 aliphatic heterocycles. The average Bonchev–Trinajstić information content (AvgIpc) is 2.85. The molecule has 0 unspecified atom stereocenters. The van der Waals surface area contributed by atoms with Crippen molar-refractivity contribution in [2.24, 2.45) is 5.73 Å². The molecule has 0 heterocycles. The van der Waals surface area contributed by atoms with Crippen LogP contribution in [0.1, 0.15) is 24.0 Å². The highest BCUT2D eigenvalue weighted by Crippen LogP contribution is 2.48. The second-order valence-electron chi connectivity index (χ2n) is 3.81. The maximum atomic E-state index is 7.57. The maximum absolute atomic E-state index is 7.57. The van der Waals surface area contributed by atoms with Crippen molar-refractivity contribution >= 4 is 5.84 Å². The van der Waals surface area contributed by atoms with Crippen molar-refractivity contribution in [2.45, 2.75) is 25.2 Å². The summed E-state index contributed by atoms with van der Waals surface area (Å²) in [4.78, 5) is 0. The smallest absolute Gasteiger partial charge is 0.101 e. The van der Waals surface area contributed by atoms with Crippen molar-refractivity contribution in [3.8, 4) is 0 Å². The number of amidine groups is 1. The zero-order valence-electron chi connectivity index (χ0n) is 7.80. The molecule has 0 amide bonds. The number of nitrogens with two attached hydrogens (primary N) is 1. The van der Waals surface area contributed by atoms with Crippen molar-refractivity contribution in [3.05, 3.63) is 35.4 Å².